The second-order valence-corrected chi connectivity index (χ2v) is 9.47. The van der Waals surface area contributed by atoms with E-state index in [1.54, 1.807) is 0 Å². The third-order valence-electron chi connectivity index (χ3n) is 7.80. The first-order valence-corrected chi connectivity index (χ1v) is 10.8. The topological polar surface area (TPSA) is 77.2 Å². The third kappa shape index (κ3) is 3.09. The van der Waals surface area contributed by atoms with Gasteiger partial charge in [-0.05, 0) is 68.1 Å². The Morgan fingerprint density at radius 2 is 1.81 bits per heavy atom. The fourth-order valence-electron chi connectivity index (χ4n) is 7.01. The van der Waals surface area contributed by atoms with Crippen molar-refractivity contribution >= 4 is 12.0 Å². The van der Waals surface area contributed by atoms with Crippen LogP contribution in [0.25, 0.3) is 0 Å². The minimum Gasteiger partial charge on any atom is -0.338 e. The third-order valence-corrected chi connectivity index (χ3v) is 7.80. The molecule has 0 radical (unpaired) electrons. The summed E-state index contributed by atoms with van der Waals surface area (Å²) >= 11 is 0. The Morgan fingerprint density at radius 1 is 1.19 bits per heavy atom. The molecular formula is C20H32N6O. The van der Waals surface area contributed by atoms with Crippen molar-refractivity contribution in [1.29, 1.82) is 0 Å². The summed E-state index contributed by atoms with van der Waals surface area (Å²) in [5.74, 6) is 3.57. The highest BCUT2D eigenvalue weighted by molar-refractivity contribution is 5.75. The number of piperazine rings is 1. The molecule has 0 aromatic carbocycles. The lowest BCUT2D eigenvalue weighted by molar-refractivity contribution is -0.0727. The lowest BCUT2D eigenvalue weighted by atomic mass is 9.47. The molecule has 5 aliphatic rings. The van der Waals surface area contributed by atoms with E-state index in [0.717, 1.165) is 56.3 Å². The zero-order chi connectivity index (χ0) is 18.4. The van der Waals surface area contributed by atoms with Gasteiger partial charge in [0.2, 0.25) is 5.95 Å². The van der Waals surface area contributed by atoms with Crippen LogP contribution in [0.1, 0.15) is 51.9 Å². The molecule has 4 saturated carbocycles. The van der Waals surface area contributed by atoms with E-state index in [-0.39, 0.29) is 6.03 Å². The number of urea groups is 1. The number of rotatable bonds is 4. The van der Waals surface area contributed by atoms with E-state index in [2.05, 4.69) is 32.3 Å². The predicted molar refractivity (Wildman–Crippen MR) is 103 cm³/mol. The van der Waals surface area contributed by atoms with Gasteiger partial charge in [0, 0.05) is 32.2 Å². The highest BCUT2D eigenvalue weighted by Gasteiger charge is 2.54. The van der Waals surface area contributed by atoms with Crippen molar-refractivity contribution in [3.05, 3.63) is 6.33 Å². The van der Waals surface area contributed by atoms with Crippen LogP contribution in [-0.2, 0) is 0 Å². The van der Waals surface area contributed by atoms with Crippen molar-refractivity contribution in [2.24, 2.45) is 23.2 Å². The molecule has 4 aliphatic carbocycles. The van der Waals surface area contributed by atoms with E-state index in [1.807, 2.05) is 4.90 Å². The lowest BCUT2D eigenvalue weighted by Gasteiger charge is -2.59. The number of hydrogen-bond acceptors (Lipinski definition) is 4. The van der Waals surface area contributed by atoms with E-state index >= 15 is 0 Å². The summed E-state index contributed by atoms with van der Waals surface area (Å²) < 4.78 is 0. The van der Waals surface area contributed by atoms with Crippen molar-refractivity contribution in [3.8, 4) is 0 Å². The molecule has 7 nitrogen and oxygen atoms in total. The molecule has 0 unspecified atom stereocenters. The van der Waals surface area contributed by atoms with Gasteiger partial charge in [0.15, 0.2) is 0 Å². The van der Waals surface area contributed by atoms with E-state index in [1.165, 1.54) is 44.9 Å². The fraction of sp³-hybridized carbons (Fsp3) is 0.850. The van der Waals surface area contributed by atoms with Gasteiger partial charge in [-0.1, -0.05) is 6.92 Å². The number of carbonyl (C=O) groups excluding carboxylic acids is 1. The van der Waals surface area contributed by atoms with Crippen LogP contribution >= 0.6 is 0 Å². The number of aromatic amines is 1. The molecule has 2 amide bonds. The number of aromatic nitrogens is 3. The van der Waals surface area contributed by atoms with E-state index in [4.69, 9.17) is 0 Å². The number of anilines is 1. The number of H-pyrrole nitrogens is 1. The van der Waals surface area contributed by atoms with Gasteiger partial charge in [-0.2, -0.15) is 10.1 Å². The van der Waals surface area contributed by atoms with E-state index in [0.29, 0.717) is 11.5 Å². The maximum atomic E-state index is 13.0. The highest BCUT2D eigenvalue weighted by Crippen LogP contribution is 2.61. The lowest BCUT2D eigenvalue weighted by Crippen LogP contribution is -2.60. The number of nitrogens with one attached hydrogen (secondary N) is 2. The normalized spacial score (nSPS) is 36.1. The average molecular weight is 373 g/mol. The molecule has 1 atom stereocenters. The van der Waals surface area contributed by atoms with Crippen molar-refractivity contribution in [2.45, 2.75) is 57.9 Å². The smallest absolute Gasteiger partial charge is 0.317 e. The molecule has 4 bridgehead atoms. The van der Waals surface area contributed by atoms with E-state index < -0.39 is 0 Å². The molecule has 1 aliphatic heterocycles. The number of amides is 2. The van der Waals surface area contributed by atoms with Crippen LogP contribution in [-0.4, -0.2) is 58.3 Å². The first kappa shape index (κ1) is 17.3. The molecule has 2 N–H and O–H groups in total. The van der Waals surface area contributed by atoms with Gasteiger partial charge in [0.05, 0.1) is 0 Å². The van der Waals surface area contributed by atoms with Crippen molar-refractivity contribution in [3.63, 3.8) is 0 Å². The summed E-state index contributed by atoms with van der Waals surface area (Å²) in [6.07, 6.45) is 11.0. The average Bonchev–Trinajstić information content (AvgIpc) is 3.19. The van der Waals surface area contributed by atoms with E-state index in [9.17, 15) is 4.79 Å². The summed E-state index contributed by atoms with van der Waals surface area (Å²) in [6.45, 7) is 5.34. The molecular weight excluding hydrogens is 340 g/mol. The Bertz CT molecular complexity index is 631. The largest absolute Gasteiger partial charge is 0.338 e. The standard InChI is InChI=1S/C20H32N6O/c1-2-17(20-10-14-7-15(11-20)9-16(8-14)12-20)23-19(27)26-5-3-25(4-6-26)18-21-13-22-24-18/h13-17H,2-12H2,1H3,(H,23,27)(H,21,22,24)/t14?,15?,16?,17-,20?/m0/s1. The Morgan fingerprint density at radius 3 is 2.33 bits per heavy atom. The van der Waals surface area contributed by atoms with Crippen molar-refractivity contribution < 1.29 is 4.79 Å². The summed E-state index contributed by atoms with van der Waals surface area (Å²) in [5, 5.41) is 10.3. The Kier molecular flexibility index (Phi) is 4.28. The Hall–Kier alpha value is -1.79. The molecule has 0 spiro atoms. The molecule has 7 heteroatoms. The zero-order valence-corrected chi connectivity index (χ0v) is 16.4. The number of carbonyl (C=O) groups is 1. The molecule has 5 fully saturated rings. The van der Waals surface area contributed by atoms with Crippen LogP contribution in [0.5, 0.6) is 0 Å². The molecule has 1 saturated heterocycles. The fourth-order valence-corrected chi connectivity index (χ4v) is 7.01. The minimum absolute atomic E-state index is 0.134. The van der Waals surface area contributed by atoms with Crippen LogP contribution in [0.2, 0.25) is 0 Å². The Balaban J connectivity index is 1.21. The van der Waals surface area contributed by atoms with Gasteiger partial charge >= 0.3 is 6.03 Å². The minimum atomic E-state index is 0.134. The van der Waals surface area contributed by atoms with Gasteiger partial charge in [-0.15, -0.1) is 0 Å². The molecule has 6 rings (SSSR count). The number of hydrogen-bond donors (Lipinski definition) is 2. The van der Waals surface area contributed by atoms with Crippen LogP contribution in [0.3, 0.4) is 0 Å². The molecule has 1 aromatic heterocycles. The molecule has 1 aromatic rings. The van der Waals surface area contributed by atoms with Gasteiger partial charge in [0.1, 0.15) is 6.33 Å². The quantitative estimate of drug-likeness (QED) is 0.852. The second-order valence-electron chi connectivity index (χ2n) is 9.47. The molecule has 2 heterocycles. The van der Waals surface area contributed by atoms with Gasteiger partial charge in [-0.25, -0.2) is 9.89 Å². The van der Waals surface area contributed by atoms with Crippen molar-refractivity contribution in [2.75, 3.05) is 31.1 Å². The van der Waals surface area contributed by atoms with Crippen LogP contribution in [0.15, 0.2) is 6.33 Å². The highest BCUT2D eigenvalue weighted by atomic mass is 16.2. The second kappa shape index (κ2) is 6.67. The van der Waals surface area contributed by atoms with Crippen LogP contribution < -0.4 is 10.2 Å². The van der Waals surface area contributed by atoms with Crippen LogP contribution in [0.4, 0.5) is 10.7 Å². The Labute approximate surface area is 161 Å². The zero-order valence-electron chi connectivity index (χ0n) is 16.4. The number of nitrogens with zero attached hydrogens (tertiary/aromatic N) is 4. The van der Waals surface area contributed by atoms with Gasteiger partial charge in [0.25, 0.3) is 0 Å². The molecule has 27 heavy (non-hydrogen) atoms. The summed E-state index contributed by atoms with van der Waals surface area (Å²) in [7, 11) is 0. The summed E-state index contributed by atoms with van der Waals surface area (Å²) in [5.41, 5.74) is 0.376. The predicted octanol–water partition coefficient (Wildman–Crippen LogP) is 2.63. The maximum absolute atomic E-state index is 13.0. The summed E-state index contributed by atoms with van der Waals surface area (Å²) in [6, 6.07) is 0.473. The monoisotopic (exact) mass is 372 g/mol. The van der Waals surface area contributed by atoms with Crippen LogP contribution in [0, 0.1) is 23.2 Å². The van der Waals surface area contributed by atoms with Crippen molar-refractivity contribution in [1.82, 2.24) is 25.4 Å². The summed E-state index contributed by atoms with van der Waals surface area (Å²) in [4.78, 5) is 21.4. The molecule has 148 valence electrons. The first-order valence-electron chi connectivity index (χ1n) is 10.8. The van der Waals surface area contributed by atoms with Gasteiger partial charge < -0.3 is 15.1 Å². The first-order chi connectivity index (χ1) is 13.1. The van der Waals surface area contributed by atoms with Gasteiger partial charge in [-0.3, -0.25) is 0 Å². The maximum Gasteiger partial charge on any atom is 0.317 e. The SMILES string of the molecule is CC[C@H](NC(=O)N1CCN(c2ncn[nH]2)CC1)C12CC3CC(CC(C3)C1)C2.